The first-order valence-corrected chi connectivity index (χ1v) is 8.82. The van der Waals surface area contributed by atoms with E-state index in [2.05, 4.69) is 42.3 Å². The highest BCUT2D eigenvalue weighted by Crippen LogP contribution is 2.48. The van der Waals surface area contributed by atoms with E-state index in [0.29, 0.717) is 12.5 Å². The van der Waals surface area contributed by atoms with Crippen molar-refractivity contribution in [2.24, 2.45) is 11.7 Å². The van der Waals surface area contributed by atoms with E-state index in [-0.39, 0.29) is 23.8 Å². The van der Waals surface area contributed by atoms with Crippen molar-refractivity contribution in [1.82, 2.24) is 10.2 Å². The zero-order chi connectivity index (χ0) is 17.3. The van der Waals surface area contributed by atoms with Crippen LogP contribution in [0.3, 0.4) is 0 Å². The first kappa shape index (κ1) is 17.0. The number of aryl methyl sites for hydroxylation is 2. The summed E-state index contributed by atoms with van der Waals surface area (Å²) in [6.45, 7) is 6.19. The molecular weight excluding hydrogens is 302 g/mol. The lowest BCUT2D eigenvalue weighted by molar-refractivity contribution is -0.124. The maximum absolute atomic E-state index is 12.5. The Morgan fingerprint density at radius 3 is 2.54 bits per heavy atom. The van der Waals surface area contributed by atoms with Crippen LogP contribution < -0.4 is 11.1 Å². The van der Waals surface area contributed by atoms with Crippen molar-refractivity contribution < 1.29 is 9.59 Å². The molecule has 2 amide bonds. The van der Waals surface area contributed by atoms with Crippen LogP contribution in [0.1, 0.15) is 41.9 Å². The van der Waals surface area contributed by atoms with Crippen LogP contribution in [-0.4, -0.2) is 42.4 Å². The Morgan fingerprint density at radius 2 is 1.92 bits per heavy atom. The van der Waals surface area contributed by atoms with Gasteiger partial charge in [-0.05, 0) is 55.7 Å². The summed E-state index contributed by atoms with van der Waals surface area (Å²) in [5.74, 6) is 0.397. The van der Waals surface area contributed by atoms with Crippen LogP contribution in [-0.2, 0) is 9.59 Å². The Balaban J connectivity index is 1.47. The van der Waals surface area contributed by atoms with Gasteiger partial charge in [-0.1, -0.05) is 18.2 Å². The van der Waals surface area contributed by atoms with E-state index in [1.54, 1.807) is 0 Å². The fourth-order valence-electron chi connectivity index (χ4n) is 3.61. The Kier molecular flexibility index (Phi) is 4.90. The van der Waals surface area contributed by atoms with E-state index in [0.717, 1.165) is 32.4 Å². The molecule has 5 nitrogen and oxygen atoms in total. The summed E-state index contributed by atoms with van der Waals surface area (Å²) in [7, 11) is 0. The van der Waals surface area contributed by atoms with Crippen LogP contribution in [0.4, 0.5) is 0 Å². The van der Waals surface area contributed by atoms with Gasteiger partial charge < -0.3 is 11.1 Å². The fourth-order valence-corrected chi connectivity index (χ4v) is 3.61. The predicted octanol–water partition coefficient (Wildman–Crippen LogP) is 1.47. The van der Waals surface area contributed by atoms with Crippen molar-refractivity contribution in [3.8, 4) is 0 Å². The van der Waals surface area contributed by atoms with E-state index in [1.165, 1.54) is 16.7 Å². The van der Waals surface area contributed by atoms with Gasteiger partial charge in [-0.15, -0.1) is 0 Å². The number of primary amides is 1. The van der Waals surface area contributed by atoms with Crippen LogP contribution in [0.5, 0.6) is 0 Å². The SMILES string of the molecule is Cc1ccc(C2CC2C(=O)NC2CCN(CC(N)=O)CC2)cc1C. The van der Waals surface area contributed by atoms with Gasteiger partial charge in [0.05, 0.1) is 6.54 Å². The van der Waals surface area contributed by atoms with Gasteiger partial charge in [0.1, 0.15) is 0 Å². The molecule has 1 aliphatic carbocycles. The Morgan fingerprint density at radius 1 is 1.21 bits per heavy atom. The summed E-state index contributed by atoms with van der Waals surface area (Å²) in [5.41, 5.74) is 9.10. The minimum Gasteiger partial charge on any atom is -0.369 e. The third kappa shape index (κ3) is 3.96. The molecule has 1 aromatic rings. The zero-order valence-electron chi connectivity index (χ0n) is 14.5. The van der Waals surface area contributed by atoms with E-state index in [4.69, 9.17) is 5.73 Å². The standard InChI is InChI=1S/C19H27N3O2/c1-12-3-4-14(9-13(12)2)16-10-17(16)19(24)21-15-5-7-22(8-6-15)11-18(20)23/h3-4,9,15-17H,5-8,10-11H2,1-2H3,(H2,20,23)(H,21,24). The molecule has 2 unspecified atom stereocenters. The average Bonchev–Trinajstić information content (AvgIpc) is 3.32. The van der Waals surface area contributed by atoms with E-state index in [9.17, 15) is 9.59 Å². The molecule has 1 aliphatic heterocycles. The van der Waals surface area contributed by atoms with Crippen LogP contribution in [0.15, 0.2) is 18.2 Å². The lowest BCUT2D eigenvalue weighted by Gasteiger charge is -2.31. The predicted molar refractivity (Wildman–Crippen MR) is 93.6 cm³/mol. The molecule has 1 saturated carbocycles. The molecule has 24 heavy (non-hydrogen) atoms. The maximum Gasteiger partial charge on any atom is 0.231 e. The van der Waals surface area contributed by atoms with Crippen molar-refractivity contribution in [3.63, 3.8) is 0 Å². The summed E-state index contributed by atoms with van der Waals surface area (Å²) < 4.78 is 0. The fraction of sp³-hybridized carbons (Fsp3) is 0.579. The van der Waals surface area contributed by atoms with Gasteiger partial charge in [0.25, 0.3) is 0 Å². The van der Waals surface area contributed by atoms with Gasteiger partial charge in [-0.25, -0.2) is 0 Å². The average molecular weight is 329 g/mol. The molecule has 0 spiro atoms. The first-order valence-electron chi connectivity index (χ1n) is 8.82. The molecule has 5 heteroatoms. The molecule has 1 heterocycles. The van der Waals surface area contributed by atoms with Gasteiger partial charge >= 0.3 is 0 Å². The second-order valence-corrected chi connectivity index (χ2v) is 7.32. The molecule has 1 aromatic carbocycles. The summed E-state index contributed by atoms with van der Waals surface area (Å²) in [4.78, 5) is 25.5. The molecule has 0 radical (unpaired) electrons. The lowest BCUT2D eigenvalue weighted by Crippen LogP contribution is -2.47. The Labute approximate surface area is 143 Å². The number of hydrogen-bond donors (Lipinski definition) is 2. The summed E-state index contributed by atoms with van der Waals surface area (Å²) in [6, 6.07) is 6.74. The summed E-state index contributed by atoms with van der Waals surface area (Å²) in [6.07, 6.45) is 2.73. The van der Waals surface area contributed by atoms with Crippen molar-refractivity contribution in [2.75, 3.05) is 19.6 Å². The first-order chi connectivity index (χ1) is 11.4. The highest BCUT2D eigenvalue weighted by atomic mass is 16.2. The molecule has 0 aromatic heterocycles. The number of hydrogen-bond acceptors (Lipinski definition) is 3. The Hall–Kier alpha value is -1.88. The van der Waals surface area contributed by atoms with E-state index in [1.807, 2.05) is 0 Å². The molecule has 1 saturated heterocycles. The number of carbonyl (C=O) groups is 2. The van der Waals surface area contributed by atoms with E-state index < -0.39 is 0 Å². The highest BCUT2D eigenvalue weighted by molar-refractivity contribution is 5.83. The topological polar surface area (TPSA) is 75.4 Å². The number of piperidine rings is 1. The van der Waals surface area contributed by atoms with E-state index >= 15 is 0 Å². The highest BCUT2D eigenvalue weighted by Gasteiger charge is 2.44. The third-order valence-corrected chi connectivity index (χ3v) is 5.40. The van der Waals surface area contributed by atoms with Crippen molar-refractivity contribution in [1.29, 1.82) is 0 Å². The van der Waals surface area contributed by atoms with Crippen molar-refractivity contribution in [3.05, 3.63) is 34.9 Å². The van der Waals surface area contributed by atoms with Crippen LogP contribution >= 0.6 is 0 Å². The molecule has 2 fully saturated rings. The summed E-state index contributed by atoms with van der Waals surface area (Å²) >= 11 is 0. The molecule has 130 valence electrons. The monoisotopic (exact) mass is 329 g/mol. The number of nitrogens with zero attached hydrogens (tertiary/aromatic N) is 1. The zero-order valence-corrected chi connectivity index (χ0v) is 14.5. The van der Waals surface area contributed by atoms with Gasteiger partial charge in [0.2, 0.25) is 11.8 Å². The minimum absolute atomic E-state index is 0.121. The van der Waals surface area contributed by atoms with Crippen LogP contribution in [0.25, 0.3) is 0 Å². The molecule has 2 atom stereocenters. The lowest BCUT2D eigenvalue weighted by atomic mass is 10.0. The maximum atomic E-state index is 12.5. The number of nitrogens with two attached hydrogens (primary N) is 1. The normalized spacial score (nSPS) is 24.6. The quantitative estimate of drug-likeness (QED) is 0.859. The molecule has 0 bridgehead atoms. The van der Waals surface area contributed by atoms with Gasteiger partial charge in [0, 0.05) is 25.0 Å². The smallest absolute Gasteiger partial charge is 0.231 e. The number of carbonyl (C=O) groups excluding carboxylic acids is 2. The van der Waals surface area contributed by atoms with Gasteiger partial charge in [-0.3, -0.25) is 14.5 Å². The Bertz CT molecular complexity index is 635. The van der Waals surface area contributed by atoms with Gasteiger partial charge in [0.15, 0.2) is 0 Å². The summed E-state index contributed by atoms with van der Waals surface area (Å²) in [5, 5.41) is 3.20. The second kappa shape index (κ2) is 6.93. The minimum atomic E-state index is -0.285. The molecule has 3 rings (SSSR count). The number of rotatable bonds is 5. The second-order valence-electron chi connectivity index (χ2n) is 7.32. The molecular formula is C19H27N3O2. The number of amides is 2. The van der Waals surface area contributed by atoms with Crippen molar-refractivity contribution >= 4 is 11.8 Å². The number of benzene rings is 1. The van der Waals surface area contributed by atoms with Gasteiger partial charge in [-0.2, -0.15) is 0 Å². The largest absolute Gasteiger partial charge is 0.369 e. The van der Waals surface area contributed by atoms with Crippen LogP contribution in [0.2, 0.25) is 0 Å². The molecule has 3 N–H and O–H groups in total. The van der Waals surface area contributed by atoms with Crippen LogP contribution in [0, 0.1) is 19.8 Å². The van der Waals surface area contributed by atoms with Crippen molar-refractivity contribution in [2.45, 2.75) is 45.1 Å². The molecule has 2 aliphatic rings. The third-order valence-electron chi connectivity index (χ3n) is 5.40. The number of nitrogens with one attached hydrogen (secondary N) is 1. The number of likely N-dealkylation sites (tertiary alicyclic amines) is 1.